The van der Waals surface area contributed by atoms with Gasteiger partial charge in [0.1, 0.15) is 0 Å². The third-order valence-corrected chi connectivity index (χ3v) is 24.7. The van der Waals surface area contributed by atoms with Gasteiger partial charge in [-0.25, -0.2) is 0 Å². The second kappa shape index (κ2) is 29.1. The molecule has 562 valence electrons. The molecule has 0 aliphatic rings. The molecule has 0 saturated heterocycles. The van der Waals surface area contributed by atoms with Crippen molar-refractivity contribution in [2.75, 3.05) is 28.8 Å². The maximum atomic E-state index is 2.46. The Hall–Kier alpha value is -15.5. The number of benzene rings is 19. The Balaban J connectivity index is 0.530. The van der Waals surface area contributed by atoms with Crippen molar-refractivity contribution in [2.45, 2.75) is 0 Å². The van der Waals surface area contributed by atoms with Crippen LogP contribution in [0.25, 0.3) is 176 Å². The van der Waals surface area contributed by atoms with Crippen molar-refractivity contribution in [1.82, 2.24) is 13.7 Å². The lowest BCUT2D eigenvalue weighted by atomic mass is 9.96. The molecule has 0 aliphatic heterocycles. The summed E-state index contributed by atoms with van der Waals surface area (Å²) in [6.45, 7) is 0. The van der Waals surface area contributed by atoms with Gasteiger partial charge in [0.05, 0.1) is 22.1 Å². The minimum atomic E-state index is 1.08. The molecule has 0 spiro atoms. The minimum Gasteiger partial charge on any atom is -0.345 e. The largest absolute Gasteiger partial charge is 0.345 e. The van der Waals surface area contributed by atoms with Crippen LogP contribution >= 0.6 is 0 Å². The highest BCUT2D eigenvalue weighted by atomic mass is 15.1. The molecule has 0 unspecified atom stereocenters. The lowest BCUT2D eigenvalue weighted by Gasteiger charge is -2.26. The van der Waals surface area contributed by atoms with Crippen LogP contribution in [0.3, 0.4) is 0 Å². The standard InChI is InChI=1S/C113H80N6/c1-114(90-27-6-4-7-28-90)91-59-49-77(50-60-91)75-43-47-82(48-44-75)100-35-19-39-107-112(100)103-71-86-21-10-12-23-88(86)73-109(103)118(107)95-65-53-79(54-66-95)84-25-16-31-97(69-84)115(2)92-61-57-83(58-62-92)101-36-20-40-108-113(101)104-72-87-22-11-13-24-89(87)74-110(104)119(108)96-67-55-80(56-68-96)85-26-17-32-98(70-85)117(93-29-8-5-9-30-93)94-63-51-78(52-64-94)76-41-45-81(46-42-76)99-34-18-38-106-111(99)102-33-14-15-37-105(102)116(106)3/h4-74H,1-3H3. The van der Waals surface area contributed by atoms with Crippen LogP contribution < -0.4 is 14.7 Å². The molecular weight excluding hydrogens is 1440 g/mol. The van der Waals surface area contributed by atoms with Crippen molar-refractivity contribution in [3.63, 3.8) is 0 Å². The molecule has 0 amide bonds. The van der Waals surface area contributed by atoms with E-state index in [-0.39, 0.29) is 0 Å². The van der Waals surface area contributed by atoms with Gasteiger partial charge < -0.3 is 28.4 Å². The molecule has 3 aromatic heterocycles. The van der Waals surface area contributed by atoms with Crippen molar-refractivity contribution in [2.24, 2.45) is 7.05 Å². The van der Waals surface area contributed by atoms with Crippen LogP contribution in [0, 0.1) is 0 Å². The third kappa shape index (κ3) is 12.4. The average molecular weight is 1520 g/mol. The third-order valence-electron chi connectivity index (χ3n) is 24.7. The second-order valence-electron chi connectivity index (χ2n) is 31.4. The van der Waals surface area contributed by atoms with Gasteiger partial charge in [0.2, 0.25) is 0 Å². The molecule has 0 N–H and O–H groups in total. The number of hydrogen-bond donors (Lipinski definition) is 0. The Morgan fingerprint density at radius 1 is 0.185 bits per heavy atom. The Morgan fingerprint density at radius 3 is 0.966 bits per heavy atom. The van der Waals surface area contributed by atoms with Gasteiger partial charge in [0, 0.05) is 116 Å². The van der Waals surface area contributed by atoms with E-state index < -0.39 is 0 Å². The van der Waals surface area contributed by atoms with E-state index in [1.54, 1.807) is 0 Å². The van der Waals surface area contributed by atoms with Gasteiger partial charge in [0.15, 0.2) is 0 Å². The first kappa shape index (κ1) is 70.2. The molecular formula is C113H80N6. The van der Waals surface area contributed by atoms with Crippen LogP contribution in [0.15, 0.2) is 431 Å². The summed E-state index contributed by atoms with van der Waals surface area (Å²) in [4.78, 5) is 6.88. The predicted molar refractivity (Wildman–Crippen MR) is 506 cm³/mol. The fraction of sp³-hybridized carbons (Fsp3) is 0.0265. The smallest absolute Gasteiger partial charge is 0.0547 e. The monoisotopic (exact) mass is 1520 g/mol. The van der Waals surface area contributed by atoms with E-state index in [2.05, 4.69) is 480 Å². The van der Waals surface area contributed by atoms with Gasteiger partial charge in [-0.15, -0.1) is 0 Å². The zero-order valence-electron chi connectivity index (χ0n) is 66.2. The molecule has 6 nitrogen and oxygen atoms in total. The minimum absolute atomic E-state index is 1.08. The summed E-state index contributed by atoms with van der Waals surface area (Å²) >= 11 is 0. The number of rotatable bonds is 16. The fourth-order valence-corrected chi connectivity index (χ4v) is 18.5. The van der Waals surface area contributed by atoms with Gasteiger partial charge in [-0.3, -0.25) is 0 Å². The van der Waals surface area contributed by atoms with Crippen LogP contribution in [0.5, 0.6) is 0 Å². The van der Waals surface area contributed by atoms with E-state index in [1.165, 1.54) is 132 Å². The summed E-state index contributed by atoms with van der Waals surface area (Å²) in [6.07, 6.45) is 0. The zero-order chi connectivity index (χ0) is 79.2. The average Bonchev–Trinajstić information content (AvgIpc) is 1.60. The lowest BCUT2D eigenvalue weighted by Crippen LogP contribution is -2.09. The van der Waals surface area contributed by atoms with Gasteiger partial charge >= 0.3 is 0 Å². The fourth-order valence-electron chi connectivity index (χ4n) is 18.5. The summed E-state index contributed by atoms with van der Waals surface area (Å²) in [5.74, 6) is 0. The van der Waals surface area contributed by atoms with Crippen molar-refractivity contribution < 1.29 is 0 Å². The molecule has 22 aromatic rings. The molecule has 19 aromatic carbocycles. The molecule has 0 aliphatic carbocycles. The second-order valence-corrected chi connectivity index (χ2v) is 31.4. The number of anilines is 7. The van der Waals surface area contributed by atoms with Gasteiger partial charge in [-0.2, -0.15) is 0 Å². The van der Waals surface area contributed by atoms with E-state index in [9.17, 15) is 0 Å². The summed E-state index contributed by atoms with van der Waals surface area (Å²) in [7, 11) is 6.45. The number of para-hydroxylation sites is 3. The van der Waals surface area contributed by atoms with Gasteiger partial charge in [0.25, 0.3) is 0 Å². The van der Waals surface area contributed by atoms with Crippen molar-refractivity contribution >= 4 is 127 Å². The maximum absolute atomic E-state index is 2.46. The molecule has 6 heteroatoms. The number of aromatic nitrogens is 3. The predicted octanol–water partition coefficient (Wildman–Crippen LogP) is 30.5. The summed E-state index contributed by atoms with van der Waals surface area (Å²) in [5.41, 5.74) is 33.7. The quantitative estimate of drug-likeness (QED) is 0.0964. The van der Waals surface area contributed by atoms with Crippen LogP contribution in [-0.4, -0.2) is 27.8 Å². The molecule has 0 saturated carbocycles. The highest BCUT2D eigenvalue weighted by Gasteiger charge is 2.23. The van der Waals surface area contributed by atoms with Crippen LogP contribution in [0.4, 0.5) is 39.8 Å². The first-order valence-corrected chi connectivity index (χ1v) is 40.9. The first-order chi connectivity index (χ1) is 58.7. The summed E-state index contributed by atoms with van der Waals surface area (Å²) < 4.78 is 7.22. The highest BCUT2D eigenvalue weighted by molar-refractivity contribution is 6.21. The topological polar surface area (TPSA) is 24.5 Å². The molecule has 119 heavy (non-hydrogen) atoms. The molecule has 0 radical (unpaired) electrons. The number of hydrogen-bond acceptors (Lipinski definition) is 3. The van der Waals surface area contributed by atoms with Gasteiger partial charge in [-0.1, -0.05) is 273 Å². The molecule has 0 atom stereocenters. The van der Waals surface area contributed by atoms with Crippen molar-refractivity contribution in [1.29, 1.82) is 0 Å². The van der Waals surface area contributed by atoms with E-state index in [0.717, 1.165) is 84.5 Å². The number of nitrogens with zero attached hydrogens (tertiary/aromatic N) is 6. The van der Waals surface area contributed by atoms with E-state index in [1.807, 2.05) is 0 Å². The van der Waals surface area contributed by atoms with Crippen molar-refractivity contribution in [3.8, 4) is 89.3 Å². The number of fused-ring (bicyclic) bond motifs is 11. The van der Waals surface area contributed by atoms with Gasteiger partial charge in [-0.05, 0) is 257 Å². The summed E-state index contributed by atoms with van der Waals surface area (Å²) in [5, 5.41) is 12.4. The molecule has 3 heterocycles. The molecule has 22 rings (SSSR count). The normalized spacial score (nSPS) is 11.7. The first-order valence-electron chi connectivity index (χ1n) is 40.9. The Kier molecular flexibility index (Phi) is 17.2. The zero-order valence-corrected chi connectivity index (χ0v) is 66.2. The summed E-state index contributed by atoms with van der Waals surface area (Å²) in [6, 6.07) is 158. The van der Waals surface area contributed by atoms with Crippen LogP contribution in [-0.2, 0) is 7.05 Å². The Bertz CT molecular complexity index is 7630. The Labute approximate surface area is 691 Å². The SMILES string of the molecule is CN(c1ccccc1)c1ccc(-c2ccc(-c3cccc4c3c3cc5ccccc5cc3n4-c3ccc(-c4cccc(N(C)c5ccc(-c6cccc7c6c6cc8ccccc8cc6n7-c6ccc(-c7cccc(N(c8ccccc8)c8ccc(-c9ccc(-c%10cccc%11c%10c%10ccccc%10n%11C)cc9)cc8)c7)cc6)cc5)c4)cc3)cc2)cc1. The number of aryl methyl sites for hydroxylation is 1. The van der Waals surface area contributed by atoms with Crippen molar-refractivity contribution in [3.05, 3.63) is 431 Å². The van der Waals surface area contributed by atoms with Crippen LogP contribution in [0.2, 0.25) is 0 Å². The maximum Gasteiger partial charge on any atom is 0.0547 e. The van der Waals surface area contributed by atoms with E-state index >= 15 is 0 Å². The van der Waals surface area contributed by atoms with E-state index in [4.69, 9.17) is 0 Å². The lowest BCUT2D eigenvalue weighted by molar-refractivity contribution is 1.01. The van der Waals surface area contributed by atoms with E-state index in [0.29, 0.717) is 0 Å². The molecule has 0 fully saturated rings. The Morgan fingerprint density at radius 2 is 0.487 bits per heavy atom. The van der Waals surface area contributed by atoms with Crippen LogP contribution in [0.1, 0.15) is 0 Å². The molecule has 0 bridgehead atoms. The highest BCUT2D eigenvalue weighted by Crippen LogP contribution is 2.47.